The summed E-state index contributed by atoms with van der Waals surface area (Å²) in [6.07, 6.45) is 0. The molecule has 134 valence electrons. The molecule has 2 rings (SSSR count). The van der Waals surface area contributed by atoms with Gasteiger partial charge in [0.15, 0.2) is 18.0 Å². The molecule has 0 saturated heterocycles. The van der Waals surface area contributed by atoms with E-state index in [1.165, 1.54) is 6.07 Å². The fraction of sp³-hybridized carbons (Fsp3) is 0.316. The summed E-state index contributed by atoms with van der Waals surface area (Å²) in [5, 5.41) is 2.72. The van der Waals surface area contributed by atoms with E-state index in [1.807, 2.05) is 25.2 Å². The Balaban J connectivity index is 1.94. The van der Waals surface area contributed by atoms with Crippen molar-refractivity contribution in [3.8, 4) is 11.5 Å². The van der Waals surface area contributed by atoms with E-state index in [9.17, 15) is 9.18 Å². The Morgan fingerprint density at radius 2 is 1.84 bits per heavy atom. The summed E-state index contributed by atoms with van der Waals surface area (Å²) >= 11 is 0. The molecule has 0 aromatic heterocycles. The van der Waals surface area contributed by atoms with Gasteiger partial charge in [-0.25, -0.2) is 4.39 Å². The number of methoxy groups -OCH3 is 2. The van der Waals surface area contributed by atoms with Crippen molar-refractivity contribution >= 4 is 11.6 Å². The first-order chi connectivity index (χ1) is 11.9. The predicted octanol–water partition coefficient (Wildman–Crippen LogP) is 1.80. The van der Waals surface area contributed by atoms with Gasteiger partial charge >= 0.3 is 0 Å². The summed E-state index contributed by atoms with van der Waals surface area (Å²) in [7, 11) is 5.10. The molecule has 0 fully saturated rings. The average molecular weight is 347 g/mol. The summed E-state index contributed by atoms with van der Waals surface area (Å²) in [6, 6.07) is 10.4. The Morgan fingerprint density at radius 3 is 2.48 bits per heavy atom. The maximum absolute atomic E-state index is 13.5. The van der Waals surface area contributed by atoms with Crippen LogP contribution in [0.1, 0.15) is 11.1 Å². The van der Waals surface area contributed by atoms with Gasteiger partial charge < -0.3 is 19.7 Å². The van der Waals surface area contributed by atoms with Crippen LogP contribution in [0.4, 0.5) is 10.1 Å². The molecule has 2 aromatic carbocycles. The number of aryl methyl sites for hydroxylation is 1. The van der Waals surface area contributed by atoms with Gasteiger partial charge in [0, 0.05) is 11.3 Å². The van der Waals surface area contributed by atoms with Crippen molar-refractivity contribution in [2.24, 2.45) is 0 Å². The fourth-order valence-corrected chi connectivity index (χ4v) is 2.55. The van der Waals surface area contributed by atoms with Crippen molar-refractivity contribution in [1.82, 2.24) is 0 Å². The van der Waals surface area contributed by atoms with E-state index in [-0.39, 0.29) is 18.3 Å². The summed E-state index contributed by atoms with van der Waals surface area (Å²) in [4.78, 5) is 13.1. The third-order valence-corrected chi connectivity index (χ3v) is 3.87. The Kier molecular flexibility index (Phi) is 6.36. The lowest BCUT2D eigenvalue weighted by atomic mass is 10.2. The molecule has 1 amide bonds. The second kappa shape index (κ2) is 8.48. The number of quaternary nitrogens is 1. The van der Waals surface area contributed by atoms with Crippen LogP contribution in [0.15, 0.2) is 36.4 Å². The zero-order valence-electron chi connectivity index (χ0n) is 15.0. The van der Waals surface area contributed by atoms with Crippen molar-refractivity contribution in [1.29, 1.82) is 0 Å². The van der Waals surface area contributed by atoms with Crippen molar-refractivity contribution < 1.29 is 23.6 Å². The molecule has 0 aliphatic carbocycles. The fourth-order valence-electron chi connectivity index (χ4n) is 2.55. The molecule has 0 bridgehead atoms. The average Bonchev–Trinajstić information content (AvgIpc) is 2.57. The number of ether oxygens (including phenoxy) is 2. The summed E-state index contributed by atoms with van der Waals surface area (Å²) in [5.74, 6) is 0.834. The lowest BCUT2D eigenvalue weighted by Crippen LogP contribution is -3.08. The maximum Gasteiger partial charge on any atom is 0.279 e. The van der Waals surface area contributed by atoms with E-state index in [4.69, 9.17) is 9.47 Å². The third kappa shape index (κ3) is 5.19. The number of hydrogen-bond acceptors (Lipinski definition) is 3. The van der Waals surface area contributed by atoms with Crippen LogP contribution in [0.5, 0.6) is 11.5 Å². The first-order valence-electron chi connectivity index (χ1n) is 8.01. The van der Waals surface area contributed by atoms with Crippen LogP contribution in [0, 0.1) is 12.7 Å². The molecule has 6 heteroatoms. The largest absolute Gasteiger partial charge is 0.493 e. The highest BCUT2D eigenvalue weighted by Gasteiger charge is 2.13. The lowest BCUT2D eigenvalue weighted by molar-refractivity contribution is -0.885. The summed E-state index contributed by atoms with van der Waals surface area (Å²) < 4.78 is 24.0. The normalized spacial score (nSPS) is 11.7. The van der Waals surface area contributed by atoms with E-state index in [0.717, 1.165) is 10.5 Å². The monoisotopic (exact) mass is 347 g/mol. The molecule has 2 aromatic rings. The van der Waals surface area contributed by atoms with Gasteiger partial charge in [-0.05, 0) is 42.8 Å². The molecule has 2 N–H and O–H groups in total. The van der Waals surface area contributed by atoms with E-state index >= 15 is 0 Å². The molecule has 5 nitrogen and oxygen atoms in total. The van der Waals surface area contributed by atoms with Gasteiger partial charge in [-0.1, -0.05) is 6.07 Å². The molecule has 0 aliphatic heterocycles. The predicted molar refractivity (Wildman–Crippen MR) is 94.8 cm³/mol. The van der Waals surface area contributed by atoms with Gasteiger partial charge in [0.05, 0.1) is 21.3 Å². The molecule has 0 heterocycles. The minimum absolute atomic E-state index is 0.166. The summed E-state index contributed by atoms with van der Waals surface area (Å²) in [6.45, 7) is 2.60. The zero-order valence-corrected chi connectivity index (χ0v) is 15.0. The highest BCUT2D eigenvalue weighted by atomic mass is 19.1. The van der Waals surface area contributed by atoms with Gasteiger partial charge in [0.1, 0.15) is 12.4 Å². The smallest absolute Gasteiger partial charge is 0.279 e. The number of amides is 1. The first-order valence-corrected chi connectivity index (χ1v) is 8.01. The highest BCUT2D eigenvalue weighted by Crippen LogP contribution is 2.27. The van der Waals surface area contributed by atoms with Gasteiger partial charge in [-0.15, -0.1) is 0 Å². The highest BCUT2D eigenvalue weighted by molar-refractivity contribution is 5.91. The Hall–Kier alpha value is -2.60. The Labute approximate surface area is 147 Å². The molecular weight excluding hydrogens is 323 g/mol. The number of likely N-dealkylation sites (N-methyl/N-ethyl adjacent to an activating group) is 1. The van der Waals surface area contributed by atoms with Crippen LogP contribution in [0.3, 0.4) is 0 Å². The number of halogens is 1. The molecular formula is C19H24FN2O3+. The zero-order chi connectivity index (χ0) is 18.4. The number of rotatable bonds is 7. The number of carbonyl (C=O) groups excluding carboxylic acids is 1. The number of benzene rings is 2. The Bertz CT molecular complexity index is 749. The minimum Gasteiger partial charge on any atom is -0.493 e. The molecule has 25 heavy (non-hydrogen) atoms. The van der Waals surface area contributed by atoms with Crippen molar-refractivity contribution in [3.63, 3.8) is 0 Å². The molecule has 0 radical (unpaired) electrons. The van der Waals surface area contributed by atoms with Crippen LogP contribution < -0.4 is 19.7 Å². The van der Waals surface area contributed by atoms with Crippen LogP contribution in [-0.4, -0.2) is 33.7 Å². The first kappa shape index (κ1) is 18.7. The molecule has 1 unspecified atom stereocenters. The SMILES string of the molecule is COc1ccc(C[NH+](C)CC(=O)Nc2ccc(C)c(F)c2)cc1OC. The topological polar surface area (TPSA) is 52.0 Å². The standard InChI is InChI=1S/C19H23FN2O3/c1-13-5-7-15(10-16(13)20)21-19(23)12-22(2)11-14-6-8-17(24-3)18(9-14)25-4/h5-10H,11-12H2,1-4H3,(H,21,23)/p+1. The lowest BCUT2D eigenvalue weighted by Gasteiger charge is -2.15. The maximum atomic E-state index is 13.5. The molecule has 1 atom stereocenters. The van der Waals surface area contributed by atoms with E-state index in [0.29, 0.717) is 29.3 Å². The van der Waals surface area contributed by atoms with Crippen LogP contribution in [0.25, 0.3) is 0 Å². The third-order valence-electron chi connectivity index (χ3n) is 3.87. The number of carbonyl (C=O) groups is 1. The van der Waals surface area contributed by atoms with Gasteiger partial charge in [-0.2, -0.15) is 0 Å². The van der Waals surface area contributed by atoms with E-state index < -0.39 is 0 Å². The number of hydrogen-bond donors (Lipinski definition) is 2. The second-order valence-electron chi connectivity index (χ2n) is 6.01. The molecule has 0 spiro atoms. The van der Waals surface area contributed by atoms with E-state index in [2.05, 4.69) is 5.32 Å². The van der Waals surface area contributed by atoms with Crippen LogP contribution >= 0.6 is 0 Å². The second-order valence-corrected chi connectivity index (χ2v) is 6.01. The van der Waals surface area contributed by atoms with Crippen LogP contribution in [0.2, 0.25) is 0 Å². The van der Waals surface area contributed by atoms with E-state index in [1.54, 1.807) is 33.3 Å². The van der Waals surface area contributed by atoms with Gasteiger partial charge in [0.25, 0.3) is 5.91 Å². The quantitative estimate of drug-likeness (QED) is 0.803. The van der Waals surface area contributed by atoms with Crippen molar-refractivity contribution in [2.75, 3.05) is 33.1 Å². The molecule has 0 aliphatic rings. The summed E-state index contributed by atoms with van der Waals surface area (Å²) in [5.41, 5.74) is 2.05. The van der Waals surface area contributed by atoms with Gasteiger partial charge in [-0.3, -0.25) is 4.79 Å². The Morgan fingerprint density at radius 1 is 1.12 bits per heavy atom. The number of nitrogens with one attached hydrogen (secondary N) is 2. The number of anilines is 1. The van der Waals surface area contributed by atoms with Crippen molar-refractivity contribution in [2.45, 2.75) is 13.5 Å². The minimum atomic E-state index is -0.330. The van der Waals surface area contributed by atoms with Crippen molar-refractivity contribution in [3.05, 3.63) is 53.3 Å². The van der Waals surface area contributed by atoms with Crippen LogP contribution in [-0.2, 0) is 11.3 Å². The van der Waals surface area contributed by atoms with Gasteiger partial charge in [0.2, 0.25) is 0 Å². The molecule has 0 saturated carbocycles.